The fraction of sp³-hybridized carbons (Fsp3) is 0.385. The van der Waals surface area contributed by atoms with Gasteiger partial charge in [0.2, 0.25) is 5.91 Å². The number of hydrogen-bond donors (Lipinski definition) is 1. The summed E-state index contributed by atoms with van der Waals surface area (Å²) in [4.78, 5) is 27.1. The molecule has 0 aliphatic carbocycles. The van der Waals surface area contributed by atoms with Gasteiger partial charge in [0.25, 0.3) is 0 Å². The first-order valence-corrected chi connectivity index (χ1v) is 11.2. The first-order chi connectivity index (χ1) is 15.1. The predicted octanol–water partition coefficient (Wildman–Crippen LogP) is 4.92. The number of para-hydroxylation sites is 1. The number of primary amides is 1. The molecule has 0 aromatic heterocycles. The maximum Gasteiger partial charge on any atom is 0.338 e. The Morgan fingerprint density at radius 1 is 1.03 bits per heavy atom. The lowest BCUT2D eigenvalue weighted by molar-refractivity contribution is -0.118. The van der Waals surface area contributed by atoms with Crippen molar-refractivity contribution in [1.82, 2.24) is 0 Å². The van der Waals surface area contributed by atoms with Gasteiger partial charge in [-0.05, 0) is 61.9 Å². The van der Waals surface area contributed by atoms with Gasteiger partial charge in [0.1, 0.15) is 0 Å². The van der Waals surface area contributed by atoms with E-state index in [1.54, 1.807) is 31.2 Å². The Balaban J connectivity index is 2.02. The summed E-state index contributed by atoms with van der Waals surface area (Å²) in [7, 11) is 0. The number of piperidine rings is 1. The molecule has 2 N–H and O–H groups in total. The highest BCUT2D eigenvalue weighted by Gasteiger charge is 2.27. The highest BCUT2D eigenvalue weighted by atomic mass is 16.5. The second kappa shape index (κ2) is 10.8. The third-order valence-corrected chi connectivity index (χ3v) is 5.69. The van der Waals surface area contributed by atoms with Gasteiger partial charge in [-0.3, -0.25) is 4.79 Å². The number of amides is 1. The molecule has 0 bridgehead atoms. The summed E-state index contributed by atoms with van der Waals surface area (Å²) in [5, 5.41) is 0. The molecule has 1 atom stereocenters. The number of nitrogens with two attached hydrogens (primary N) is 1. The third-order valence-electron chi connectivity index (χ3n) is 5.69. The Labute approximate surface area is 184 Å². The molecule has 0 radical (unpaired) electrons. The molecule has 164 valence electrons. The van der Waals surface area contributed by atoms with Crippen molar-refractivity contribution >= 4 is 23.1 Å². The number of nitrogens with zero attached hydrogens (tertiary/aromatic N) is 1. The molecule has 1 aliphatic rings. The number of carbonyl (C=O) groups is 2. The predicted molar refractivity (Wildman–Crippen MR) is 125 cm³/mol. The molecule has 5 nitrogen and oxygen atoms in total. The van der Waals surface area contributed by atoms with Crippen molar-refractivity contribution in [3.05, 3.63) is 71.3 Å². The molecule has 1 heterocycles. The molecular weight excluding hydrogens is 388 g/mol. The van der Waals surface area contributed by atoms with Crippen molar-refractivity contribution in [2.45, 2.75) is 45.4 Å². The Hall–Kier alpha value is -3.08. The van der Waals surface area contributed by atoms with Crippen LogP contribution in [0.15, 0.2) is 54.6 Å². The zero-order chi connectivity index (χ0) is 22.2. The van der Waals surface area contributed by atoms with Gasteiger partial charge in [0.15, 0.2) is 0 Å². The SMILES string of the molecule is CC/C=C(\c1ccccc1N1CCCCC1)C(C(N)=O)c1ccc(C(=O)OCC)cc1. The Bertz CT molecular complexity index is 928. The van der Waals surface area contributed by atoms with Gasteiger partial charge in [0.05, 0.1) is 18.1 Å². The maximum absolute atomic E-state index is 12.7. The number of benzene rings is 2. The summed E-state index contributed by atoms with van der Waals surface area (Å²) in [5.41, 5.74) is 10.3. The monoisotopic (exact) mass is 420 g/mol. The Kier molecular flexibility index (Phi) is 7.88. The summed E-state index contributed by atoms with van der Waals surface area (Å²) in [6.07, 6.45) is 6.49. The second-order valence-electron chi connectivity index (χ2n) is 7.81. The summed E-state index contributed by atoms with van der Waals surface area (Å²) in [6.45, 7) is 6.20. The average molecular weight is 421 g/mol. The van der Waals surface area contributed by atoms with Crippen LogP contribution in [-0.2, 0) is 9.53 Å². The van der Waals surface area contributed by atoms with Gasteiger partial charge in [-0.1, -0.05) is 43.3 Å². The van der Waals surface area contributed by atoms with E-state index in [0.717, 1.165) is 41.9 Å². The van der Waals surface area contributed by atoms with Crippen LogP contribution in [0.3, 0.4) is 0 Å². The highest BCUT2D eigenvalue weighted by molar-refractivity contribution is 5.98. The summed E-state index contributed by atoms with van der Waals surface area (Å²) < 4.78 is 5.07. The number of carbonyl (C=O) groups excluding carboxylic acids is 2. The molecule has 1 amide bonds. The zero-order valence-electron chi connectivity index (χ0n) is 18.5. The van der Waals surface area contributed by atoms with E-state index in [4.69, 9.17) is 10.5 Å². The van der Waals surface area contributed by atoms with Crippen LogP contribution in [0, 0.1) is 0 Å². The smallest absolute Gasteiger partial charge is 0.338 e. The number of allylic oxidation sites excluding steroid dienone is 1. The normalized spacial score (nSPS) is 15.4. The van der Waals surface area contributed by atoms with Crippen LogP contribution < -0.4 is 10.6 Å². The standard InChI is InChI=1S/C26H32N2O3/c1-3-10-22(21-11-6-7-12-23(21)28-17-8-5-9-18-28)24(25(27)29)19-13-15-20(16-14-19)26(30)31-4-2/h6-7,10-16,24H,3-5,8-9,17-18H2,1-2H3,(H2,27,29)/b22-10+. The first kappa shape index (κ1) is 22.6. The molecule has 3 rings (SSSR count). The van der Waals surface area contributed by atoms with E-state index in [0.29, 0.717) is 12.2 Å². The van der Waals surface area contributed by atoms with E-state index in [-0.39, 0.29) is 5.97 Å². The largest absolute Gasteiger partial charge is 0.462 e. The van der Waals surface area contributed by atoms with Crippen molar-refractivity contribution in [3.63, 3.8) is 0 Å². The van der Waals surface area contributed by atoms with Gasteiger partial charge < -0.3 is 15.4 Å². The molecule has 2 aromatic carbocycles. The molecule has 1 fully saturated rings. The Morgan fingerprint density at radius 2 is 1.71 bits per heavy atom. The van der Waals surface area contributed by atoms with Crippen LogP contribution >= 0.6 is 0 Å². The lowest BCUT2D eigenvalue weighted by Gasteiger charge is -2.32. The molecule has 0 saturated carbocycles. The fourth-order valence-electron chi connectivity index (χ4n) is 4.25. The van der Waals surface area contributed by atoms with Crippen molar-refractivity contribution in [2.75, 3.05) is 24.6 Å². The summed E-state index contributed by atoms with van der Waals surface area (Å²) in [5.74, 6) is -1.37. The topological polar surface area (TPSA) is 72.6 Å². The lowest BCUT2D eigenvalue weighted by atomic mass is 9.84. The quantitative estimate of drug-likeness (QED) is 0.616. The van der Waals surface area contributed by atoms with Crippen LogP contribution in [0.5, 0.6) is 0 Å². The van der Waals surface area contributed by atoms with Crippen LogP contribution in [0.1, 0.15) is 66.9 Å². The van der Waals surface area contributed by atoms with Crippen molar-refractivity contribution in [1.29, 1.82) is 0 Å². The van der Waals surface area contributed by atoms with Crippen LogP contribution in [-0.4, -0.2) is 31.6 Å². The molecular formula is C26H32N2O3. The van der Waals surface area contributed by atoms with E-state index in [1.165, 1.54) is 19.3 Å². The first-order valence-electron chi connectivity index (χ1n) is 11.2. The molecule has 1 unspecified atom stereocenters. The van der Waals surface area contributed by atoms with Gasteiger partial charge >= 0.3 is 5.97 Å². The second-order valence-corrected chi connectivity index (χ2v) is 7.81. The fourth-order valence-corrected chi connectivity index (χ4v) is 4.25. The van der Waals surface area contributed by atoms with E-state index >= 15 is 0 Å². The molecule has 5 heteroatoms. The molecule has 2 aromatic rings. The van der Waals surface area contributed by atoms with E-state index in [1.807, 2.05) is 12.1 Å². The minimum absolute atomic E-state index is 0.321. The number of rotatable bonds is 8. The van der Waals surface area contributed by atoms with E-state index in [2.05, 4.69) is 30.0 Å². The summed E-state index contributed by atoms with van der Waals surface area (Å²) >= 11 is 0. The van der Waals surface area contributed by atoms with Crippen molar-refractivity contribution in [3.8, 4) is 0 Å². The van der Waals surface area contributed by atoms with Gasteiger partial charge in [0, 0.05) is 24.3 Å². The number of hydrogen-bond acceptors (Lipinski definition) is 4. The van der Waals surface area contributed by atoms with Crippen LogP contribution in [0.4, 0.5) is 5.69 Å². The molecule has 1 saturated heterocycles. The van der Waals surface area contributed by atoms with Crippen LogP contribution in [0.2, 0.25) is 0 Å². The zero-order valence-corrected chi connectivity index (χ0v) is 18.5. The summed E-state index contributed by atoms with van der Waals surface area (Å²) in [6, 6.07) is 15.3. The number of esters is 1. The van der Waals surface area contributed by atoms with Crippen molar-refractivity contribution in [2.24, 2.45) is 5.73 Å². The van der Waals surface area contributed by atoms with Gasteiger partial charge in [-0.15, -0.1) is 0 Å². The van der Waals surface area contributed by atoms with Gasteiger partial charge in [-0.25, -0.2) is 4.79 Å². The van der Waals surface area contributed by atoms with E-state index in [9.17, 15) is 9.59 Å². The molecule has 0 spiro atoms. The number of anilines is 1. The van der Waals surface area contributed by atoms with Gasteiger partial charge in [-0.2, -0.15) is 0 Å². The molecule has 1 aliphatic heterocycles. The van der Waals surface area contributed by atoms with Crippen molar-refractivity contribution < 1.29 is 14.3 Å². The maximum atomic E-state index is 12.7. The third kappa shape index (κ3) is 5.35. The minimum Gasteiger partial charge on any atom is -0.462 e. The highest BCUT2D eigenvalue weighted by Crippen LogP contribution is 2.38. The Morgan fingerprint density at radius 3 is 2.32 bits per heavy atom. The minimum atomic E-state index is -0.595. The lowest BCUT2D eigenvalue weighted by Crippen LogP contribution is -2.31. The number of ether oxygens (including phenoxy) is 1. The molecule has 31 heavy (non-hydrogen) atoms. The average Bonchev–Trinajstić information content (AvgIpc) is 2.80. The van der Waals surface area contributed by atoms with E-state index < -0.39 is 11.8 Å². The van der Waals surface area contributed by atoms with Crippen LogP contribution in [0.25, 0.3) is 5.57 Å².